The fraction of sp³-hybridized carbons (Fsp3) is 0.300. The lowest BCUT2D eigenvalue weighted by Crippen LogP contribution is -2.30. The Labute approximate surface area is 172 Å². The molecule has 2 aromatic rings. The number of benzene rings is 2. The topological polar surface area (TPSA) is 67.9 Å². The second-order valence-electron chi connectivity index (χ2n) is 5.87. The summed E-state index contributed by atoms with van der Waals surface area (Å²) in [6.07, 6.45) is 0. The fourth-order valence-corrected chi connectivity index (χ4v) is 2.91. The molecule has 0 fully saturated rings. The van der Waals surface area contributed by atoms with E-state index >= 15 is 0 Å². The van der Waals surface area contributed by atoms with Crippen LogP contribution in [0, 0.1) is 0 Å². The lowest BCUT2D eigenvalue weighted by atomic mass is 10.1. The fourth-order valence-electron chi connectivity index (χ4n) is 2.65. The molecule has 0 aliphatic heterocycles. The number of hydrogen-bond acceptors (Lipinski definition) is 4. The highest BCUT2D eigenvalue weighted by atomic mass is 35.5. The van der Waals surface area contributed by atoms with Crippen molar-refractivity contribution in [3.05, 3.63) is 52.5 Å². The summed E-state index contributed by atoms with van der Waals surface area (Å²) in [5.41, 5.74) is 0.884. The van der Waals surface area contributed by atoms with E-state index in [4.69, 9.17) is 16.3 Å². The molecule has 2 amide bonds. The van der Waals surface area contributed by atoms with E-state index in [-0.39, 0.29) is 28.0 Å². The normalized spacial score (nSPS) is 10.6. The minimum atomic E-state index is -3.01. The largest absolute Gasteiger partial charge is 0.493 e. The van der Waals surface area contributed by atoms with Crippen LogP contribution in [0.4, 0.5) is 14.5 Å². The maximum absolute atomic E-state index is 12.5. The highest BCUT2D eigenvalue weighted by Crippen LogP contribution is 2.30. The molecule has 156 valence electrons. The molecule has 0 atom stereocenters. The highest BCUT2D eigenvalue weighted by Gasteiger charge is 2.18. The first-order valence-electron chi connectivity index (χ1n) is 8.83. The van der Waals surface area contributed by atoms with Gasteiger partial charge in [-0.1, -0.05) is 11.6 Å². The lowest BCUT2D eigenvalue weighted by Gasteiger charge is -2.19. The number of alkyl halides is 2. The van der Waals surface area contributed by atoms with E-state index in [1.54, 1.807) is 17.0 Å². The van der Waals surface area contributed by atoms with Crippen molar-refractivity contribution in [3.8, 4) is 11.5 Å². The third kappa shape index (κ3) is 5.57. The lowest BCUT2D eigenvalue weighted by molar-refractivity contribution is -0.0512. The van der Waals surface area contributed by atoms with Gasteiger partial charge in [0, 0.05) is 24.3 Å². The first-order chi connectivity index (χ1) is 13.8. The molecule has 0 radical (unpaired) electrons. The van der Waals surface area contributed by atoms with E-state index in [0.717, 1.165) is 0 Å². The Hall–Kier alpha value is -2.87. The SMILES string of the molecule is CCN(CC)C(=O)c1ccc(NC(=O)c2ccc(OC(F)F)c(OC)c2)cc1Cl. The number of ether oxygens (including phenoxy) is 2. The van der Waals surface area contributed by atoms with Crippen LogP contribution in [0.3, 0.4) is 0 Å². The molecule has 0 saturated heterocycles. The maximum atomic E-state index is 12.5. The number of rotatable bonds is 8. The zero-order valence-electron chi connectivity index (χ0n) is 16.2. The number of amides is 2. The molecule has 29 heavy (non-hydrogen) atoms. The number of halogens is 3. The zero-order valence-corrected chi connectivity index (χ0v) is 16.9. The van der Waals surface area contributed by atoms with E-state index < -0.39 is 12.5 Å². The predicted octanol–water partition coefficient (Wildman–Crippen LogP) is 4.68. The van der Waals surface area contributed by atoms with Gasteiger partial charge in [-0.05, 0) is 50.2 Å². The van der Waals surface area contributed by atoms with Crippen molar-refractivity contribution in [3.63, 3.8) is 0 Å². The van der Waals surface area contributed by atoms with E-state index in [0.29, 0.717) is 24.3 Å². The van der Waals surface area contributed by atoms with E-state index in [1.165, 1.54) is 31.4 Å². The van der Waals surface area contributed by atoms with Crippen LogP contribution in [0.2, 0.25) is 5.02 Å². The van der Waals surface area contributed by atoms with Crippen molar-refractivity contribution in [2.24, 2.45) is 0 Å². The Morgan fingerprint density at radius 3 is 2.34 bits per heavy atom. The molecule has 0 heterocycles. The first kappa shape index (κ1) is 22.4. The summed E-state index contributed by atoms with van der Waals surface area (Å²) < 4.78 is 34.1. The Morgan fingerprint density at radius 2 is 1.79 bits per heavy atom. The standard InChI is InChI=1S/C20H21ClF2N2O4/c1-4-25(5-2)19(27)14-8-7-13(11-15(14)21)24-18(26)12-6-9-16(29-20(22)23)17(10-12)28-3/h6-11,20H,4-5H2,1-3H3,(H,24,26). The summed E-state index contributed by atoms with van der Waals surface area (Å²) >= 11 is 6.22. The van der Waals surface area contributed by atoms with Gasteiger partial charge in [0.25, 0.3) is 11.8 Å². The van der Waals surface area contributed by atoms with Crippen LogP contribution in [0.1, 0.15) is 34.6 Å². The van der Waals surface area contributed by atoms with Crippen molar-refractivity contribution in [2.75, 3.05) is 25.5 Å². The molecule has 9 heteroatoms. The van der Waals surface area contributed by atoms with Crippen LogP contribution in [0.25, 0.3) is 0 Å². The molecule has 0 bridgehead atoms. The first-order valence-corrected chi connectivity index (χ1v) is 9.21. The number of nitrogens with zero attached hydrogens (tertiary/aromatic N) is 1. The summed E-state index contributed by atoms with van der Waals surface area (Å²) in [5, 5.41) is 2.85. The van der Waals surface area contributed by atoms with Crippen molar-refractivity contribution in [1.82, 2.24) is 4.90 Å². The van der Waals surface area contributed by atoms with Crippen LogP contribution in [0.15, 0.2) is 36.4 Å². The predicted molar refractivity (Wildman–Crippen MR) is 106 cm³/mol. The average molecular weight is 427 g/mol. The van der Waals surface area contributed by atoms with Crippen molar-refractivity contribution < 1.29 is 27.8 Å². The Kier molecular flexibility index (Phi) is 7.78. The van der Waals surface area contributed by atoms with E-state index in [1.807, 2.05) is 13.8 Å². The van der Waals surface area contributed by atoms with Crippen LogP contribution in [-0.2, 0) is 0 Å². The molecule has 0 aliphatic carbocycles. The van der Waals surface area contributed by atoms with Crippen LogP contribution in [-0.4, -0.2) is 43.5 Å². The van der Waals surface area contributed by atoms with Gasteiger partial charge < -0.3 is 19.7 Å². The smallest absolute Gasteiger partial charge is 0.387 e. The molecule has 6 nitrogen and oxygen atoms in total. The van der Waals surface area contributed by atoms with Crippen molar-refractivity contribution in [1.29, 1.82) is 0 Å². The van der Waals surface area contributed by atoms with Crippen LogP contribution < -0.4 is 14.8 Å². The Balaban J connectivity index is 2.19. The number of carbonyl (C=O) groups is 2. The van der Waals surface area contributed by atoms with E-state index in [9.17, 15) is 18.4 Å². The minimum Gasteiger partial charge on any atom is -0.493 e. The van der Waals surface area contributed by atoms with Crippen molar-refractivity contribution >= 4 is 29.1 Å². The van der Waals surface area contributed by atoms with Gasteiger partial charge >= 0.3 is 6.61 Å². The summed E-state index contributed by atoms with van der Waals surface area (Å²) in [6.45, 7) is 1.84. The molecule has 1 N–H and O–H groups in total. The molecule has 2 rings (SSSR count). The van der Waals surface area contributed by atoms with Gasteiger partial charge in [0.05, 0.1) is 17.7 Å². The van der Waals surface area contributed by atoms with Gasteiger partial charge in [-0.25, -0.2) is 0 Å². The molecule has 0 aliphatic rings. The average Bonchev–Trinajstić information content (AvgIpc) is 2.68. The summed E-state index contributed by atoms with van der Waals surface area (Å²) in [7, 11) is 1.28. The number of anilines is 1. The van der Waals surface area contributed by atoms with Gasteiger partial charge in [0.15, 0.2) is 11.5 Å². The third-order valence-corrected chi connectivity index (χ3v) is 4.46. The molecule has 0 spiro atoms. The van der Waals surface area contributed by atoms with Gasteiger partial charge in [-0.3, -0.25) is 9.59 Å². The molecule has 2 aromatic carbocycles. The van der Waals surface area contributed by atoms with Gasteiger partial charge in [0.1, 0.15) is 0 Å². The van der Waals surface area contributed by atoms with Crippen LogP contribution >= 0.6 is 11.6 Å². The number of carbonyl (C=O) groups excluding carboxylic acids is 2. The van der Waals surface area contributed by atoms with Crippen molar-refractivity contribution in [2.45, 2.75) is 20.5 Å². The minimum absolute atomic E-state index is 0.00357. The molecular weight excluding hydrogens is 406 g/mol. The molecule has 0 saturated carbocycles. The Bertz CT molecular complexity index is 889. The molecular formula is C20H21ClF2N2O4. The quantitative estimate of drug-likeness (QED) is 0.665. The number of nitrogens with one attached hydrogen (secondary N) is 1. The number of hydrogen-bond donors (Lipinski definition) is 1. The maximum Gasteiger partial charge on any atom is 0.387 e. The summed E-state index contributed by atoms with van der Waals surface area (Å²) in [5.74, 6) is -0.888. The number of methoxy groups -OCH3 is 1. The van der Waals surface area contributed by atoms with Crippen LogP contribution in [0.5, 0.6) is 11.5 Å². The summed E-state index contributed by atoms with van der Waals surface area (Å²) in [6, 6.07) is 8.41. The van der Waals surface area contributed by atoms with Gasteiger partial charge in [0.2, 0.25) is 0 Å². The van der Waals surface area contributed by atoms with Gasteiger partial charge in [-0.2, -0.15) is 8.78 Å². The third-order valence-electron chi connectivity index (χ3n) is 4.15. The monoisotopic (exact) mass is 426 g/mol. The Morgan fingerprint density at radius 1 is 1.10 bits per heavy atom. The zero-order chi connectivity index (χ0) is 21.6. The molecule has 0 aromatic heterocycles. The molecule has 0 unspecified atom stereocenters. The second kappa shape index (κ2) is 10.1. The van der Waals surface area contributed by atoms with E-state index in [2.05, 4.69) is 10.1 Å². The summed E-state index contributed by atoms with van der Waals surface area (Å²) in [4.78, 5) is 26.5. The highest BCUT2D eigenvalue weighted by molar-refractivity contribution is 6.34. The second-order valence-corrected chi connectivity index (χ2v) is 6.28. The van der Waals surface area contributed by atoms with Gasteiger partial charge in [-0.15, -0.1) is 0 Å².